The third-order valence-electron chi connectivity index (χ3n) is 14.3. The molecule has 0 spiro atoms. The molecule has 1 aliphatic heterocycles. The molecule has 13 rings (SSSR count). The van der Waals surface area contributed by atoms with E-state index in [1.165, 1.54) is 105 Å². The van der Waals surface area contributed by atoms with Crippen molar-refractivity contribution in [3.63, 3.8) is 0 Å². The van der Waals surface area contributed by atoms with Gasteiger partial charge in [-0.15, -0.1) is 0 Å². The molecule has 2 atom stereocenters. The molecule has 316 valence electrons. The first-order valence-electron chi connectivity index (χ1n) is 23.4. The number of hydrogen-bond donors (Lipinski definition) is 1. The van der Waals surface area contributed by atoms with Crippen LogP contribution in [0.1, 0.15) is 18.1 Å². The summed E-state index contributed by atoms with van der Waals surface area (Å²) < 4.78 is 2.41. The van der Waals surface area contributed by atoms with E-state index in [9.17, 15) is 0 Å². The lowest BCUT2D eigenvalue weighted by atomic mass is 9.70. The quantitative estimate of drug-likeness (QED) is 0.182. The van der Waals surface area contributed by atoms with E-state index in [1.54, 1.807) is 0 Å². The van der Waals surface area contributed by atoms with Crippen LogP contribution in [0.25, 0.3) is 94.3 Å². The molecule has 0 amide bonds. The number of benzene rings is 9. The second-order valence-electron chi connectivity index (χ2n) is 18.2. The zero-order chi connectivity index (χ0) is 44.4. The van der Waals surface area contributed by atoms with E-state index in [0.29, 0.717) is 11.8 Å². The van der Waals surface area contributed by atoms with Crippen LogP contribution in [0.2, 0.25) is 0 Å². The summed E-state index contributed by atoms with van der Waals surface area (Å²) in [4.78, 5) is 0. The summed E-state index contributed by atoms with van der Waals surface area (Å²) in [5.74, 6) is 0.686. The summed E-state index contributed by atoms with van der Waals surface area (Å²) in [6.45, 7) is 2.39. The third-order valence-corrected chi connectivity index (χ3v) is 14.3. The molecular weight excluding hydrogens is 809 g/mol. The van der Waals surface area contributed by atoms with Crippen molar-refractivity contribution in [1.82, 2.24) is 4.57 Å². The minimum atomic E-state index is 0.327. The lowest BCUT2D eigenvalue weighted by Crippen LogP contribution is -2.20. The first kappa shape index (κ1) is 39.0. The lowest BCUT2D eigenvalue weighted by Gasteiger charge is -2.34. The Hall–Kier alpha value is -8.46. The summed E-state index contributed by atoms with van der Waals surface area (Å²) >= 11 is 0. The molecule has 9 aromatic carbocycles. The molecule has 2 unspecified atom stereocenters. The fourth-order valence-electron chi connectivity index (χ4n) is 11.0. The van der Waals surface area contributed by atoms with E-state index in [-0.39, 0.29) is 0 Å². The van der Waals surface area contributed by atoms with Crippen LogP contribution >= 0.6 is 0 Å². The number of nitrogens with one attached hydrogen (secondary N) is 1. The van der Waals surface area contributed by atoms with Crippen LogP contribution in [0.4, 0.5) is 11.4 Å². The molecular formula is C65H46N2. The summed E-state index contributed by atoms with van der Waals surface area (Å²) in [7, 11) is 0. The molecule has 67 heavy (non-hydrogen) atoms. The molecule has 2 heteroatoms. The smallest absolute Gasteiger partial charge is 0.0541 e. The summed E-state index contributed by atoms with van der Waals surface area (Å²) in [5.41, 5.74) is 24.4. The Morgan fingerprint density at radius 1 is 0.403 bits per heavy atom. The summed E-state index contributed by atoms with van der Waals surface area (Å²) in [5, 5.41) is 6.41. The summed E-state index contributed by atoms with van der Waals surface area (Å²) in [6.07, 6.45) is 11.4. The number of para-hydroxylation sites is 2. The Kier molecular flexibility index (Phi) is 9.25. The molecule has 2 aliphatic carbocycles. The van der Waals surface area contributed by atoms with Crippen LogP contribution in [0.3, 0.4) is 0 Å². The Labute approximate surface area is 391 Å². The summed E-state index contributed by atoms with van der Waals surface area (Å²) in [6, 6.07) is 78.1. The van der Waals surface area contributed by atoms with Gasteiger partial charge in [-0.25, -0.2) is 0 Å². The highest BCUT2D eigenvalue weighted by atomic mass is 15.0. The van der Waals surface area contributed by atoms with Gasteiger partial charge in [0, 0.05) is 44.9 Å². The standard InChI is InChI=1S/C65H46N2/c1-42-55-20-6-5-15-53(55)41-59-52-18-11-17-51(37-52)58-39-49(33-35-62(58)66-61-23-9-7-22-57(61)65(42)59)46-29-31-47(32-30-46)50-34-36-64-60(40-50)56-21-8-10-24-63(56)67(64)54-19-12-16-48(38-54)45-27-25-44(26-28-45)43-13-3-2-4-14-43/h2-42,55,66H,1H3. The highest BCUT2D eigenvalue weighted by Crippen LogP contribution is 2.49. The molecule has 3 aliphatic rings. The monoisotopic (exact) mass is 854 g/mol. The van der Waals surface area contributed by atoms with Crippen LogP contribution in [0.5, 0.6) is 0 Å². The Balaban J connectivity index is 0.840. The predicted molar refractivity (Wildman–Crippen MR) is 284 cm³/mol. The van der Waals surface area contributed by atoms with Crippen LogP contribution in [-0.4, -0.2) is 4.57 Å². The van der Waals surface area contributed by atoms with Crippen LogP contribution in [-0.2, 0) is 0 Å². The topological polar surface area (TPSA) is 17.0 Å². The number of hydrogen-bond acceptors (Lipinski definition) is 1. The van der Waals surface area contributed by atoms with Crippen molar-refractivity contribution in [3.8, 4) is 61.3 Å². The zero-order valence-corrected chi connectivity index (χ0v) is 37.2. The van der Waals surface area contributed by atoms with E-state index in [2.05, 4.69) is 260 Å². The molecule has 1 N–H and O–H groups in total. The maximum absolute atomic E-state index is 3.92. The number of aromatic nitrogens is 1. The van der Waals surface area contributed by atoms with Gasteiger partial charge in [0.1, 0.15) is 0 Å². The van der Waals surface area contributed by atoms with Gasteiger partial charge in [-0.3, -0.25) is 0 Å². The number of allylic oxidation sites excluding steroid dienone is 8. The second-order valence-corrected chi connectivity index (χ2v) is 18.2. The van der Waals surface area contributed by atoms with Gasteiger partial charge in [-0.2, -0.15) is 0 Å². The molecule has 2 heterocycles. The van der Waals surface area contributed by atoms with Gasteiger partial charge >= 0.3 is 0 Å². The Morgan fingerprint density at radius 2 is 0.985 bits per heavy atom. The fraction of sp³-hybridized carbons (Fsp3) is 0.0462. The van der Waals surface area contributed by atoms with E-state index in [4.69, 9.17) is 0 Å². The number of rotatable bonds is 5. The number of fused-ring (bicyclic) bond motifs is 11. The molecule has 1 aromatic heterocycles. The maximum atomic E-state index is 3.92. The molecule has 2 bridgehead atoms. The second kappa shape index (κ2) is 15.9. The number of nitrogens with zero attached hydrogens (tertiary/aromatic N) is 1. The predicted octanol–water partition coefficient (Wildman–Crippen LogP) is 17.4. The van der Waals surface area contributed by atoms with Gasteiger partial charge in [0.05, 0.1) is 11.0 Å². The molecule has 0 radical (unpaired) electrons. The largest absolute Gasteiger partial charge is 0.355 e. The van der Waals surface area contributed by atoms with Crippen molar-refractivity contribution >= 4 is 44.3 Å². The van der Waals surface area contributed by atoms with Gasteiger partial charge in [-0.1, -0.05) is 195 Å². The van der Waals surface area contributed by atoms with E-state index < -0.39 is 0 Å². The van der Waals surface area contributed by atoms with Crippen LogP contribution in [0.15, 0.2) is 248 Å². The highest BCUT2D eigenvalue weighted by molar-refractivity contribution is 6.10. The van der Waals surface area contributed by atoms with E-state index in [0.717, 1.165) is 17.1 Å². The SMILES string of the molecule is CC1C2=C(C=C3C=CC=CC31)c1cccc(c1)-c1cc(-c3ccc(-c4ccc5c(c4)c4ccccc4n5-c4cccc(-c5ccc(-c6ccccc6)cc5)c4)cc3)ccc1Nc1ccccc12. The molecule has 0 fully saturated rings. The minimum Gasteiger partial charge on any atom is -0.355 e. The lowest BCUT2D eigenvalue weighted by molar-refractivity contribution is 0.602. The zero-order valence-electron chi connectivity index (χ0n) is 37.2. The van der Waals surface area contributed by atoms with E-state index >= 15 is 0 Å². The number of anilines is 2. The van der Waals surface area contributed by atoms with Gasteiger partial charge < -0.3 is 9.88 Å². The van der Waals surface area contributed by atoms with Crippen LogP contribution in [0, 0.1) is 11.8 Å². The van der Waals surface area contributed by atoms with Gasteiger partial charge in [0.2, 0.25) is 0 Å². The Bertz CT molecular complexity index is 3710. The van der Waals surface area contributed by atoms with Crippen molar-refractivity contribution in [1.29, 1.82) is 0 Å². The fourth-order valence-corrected chi connectivity index (χ4v) is 11.0. The van der Waals surface area contributed by atoms with Crippen LogP contribution < -0.4 is 5.32 Å². The van der Waals surface area contributed by atoms with Crippen molar-refractivity contribution in [3.05, 3.63) is 259 Å². The van der Waals surface area contributed by atoms with Crippen molar-refractivity contribution < 1.29 is 0 Å². The van der Waals surface area contributed by atoms with Crippen molar-refractivity contribution in [2.45, 2.75) is 6.92 Å². The van der Waals surface area contributed by atoms with Gasteiger partial charge in [0.15, 0.2) is 0 Å². The maximum Gasteiger partial charge on any atom is 0.0541 e. The van der Waals surface area contributed by atoms with Crippen molar-refractivity contribution in [2.75, 3.05) is 5.32 Å². The normalized spacial score (nSPS) is 15.9. The van der Waals surface area contributed by atoms with E-state index in [1.807, 2.05) is 0 Å². The molecule has 0 saturated carbocycles. The first-order valence-corrected chi connectivity index (χ1v) is 23.4. The van der Waals surface area contributed by atoms with Crippen molar-refractivity contribution in [2.24, 2.45) is 11.8 Å². The minimum absolute atomic E-state index is 0.327. The van der Waals surface area contributed by atoms with Gasteiger partial charge in [0.25, 0.3) is 0 Å². The first-order chi connectivity index (χ1) is 33.1. The highest BCUT2D eigenvalue weighted by Gasteiger charge is 2.32. The Morgan fingerprint density at radius 3 is 1.81 bits per heavy atom. The average molecular weight is 855 g/mol. The third kappa shape index (κ3) is 6.72. The average Bonchev–Trinajstić information content (AvgIpc) is 3.73. The molecule has 0 saturated heterocycles. The molecule has 10 aromatic rings. The van der Waals surface area contributed by atoms with Gasteiger partial charge in [-0.05, 0) is 133 Å². The molecule has 2 nitrogen and oxygen atoms in total.